The van der Waals surface area contributed by atoms with Crippen molar-refractivity contribution >= 4 is 11.9 Å². The molecule has 4 nitrogen and oxygen atoms in total. The molecular formula is C10H9F3N2O2. The molecule has 7 heteroatoms. The van der Waals surface area contributed by atoms with Gasteiger partial charge < -0.3 is 5.11 Å². The minimum atomic E-state index is -4.54. The summed E-state index contributed by atoms with van der Waals surface area (Å²) in [7, 11) is 0. The number of anilines is 1. The summed E-state index contributed by atoms with van der Waals surface area (Å²) >= 11 is 0. The van der Waals surface area contributed by atoms with Gasteiger partial charge in [0.15, 0.2) is 0 Å². The van der Waals surface area contributed by atoms with Gasteiger partial charge in [0.05, 0.1) is 5.56 Å². The number of carbonyl (C=O) groups is 1. The summed E-state index contributed by atoms with van der Waals surface area (Å²) in [6, 6.07) is 1.42. The molecule has 1 amide bonds. The van der Waals surface area contributed by atoms with Gasteiger partial charge in [-0.3, -0.25) is 0 Å². The molecule has 0 aliphatic heterocycles. The molecule has 0 aromatic carbocycles. The molecule has 0 saturated carbocycles. The van der Waals surface area contributed by atoms with Gasteiger partial charge in [0.2, 0.25) is 0 Å². The first-order chi connectivity index (χ1) is 7.73. The van der Waals surface area contributed by atoms with Crippen molar-refractivity contribution in [2.45, 2.75) is 13.1 Å². The van der Waals surface area contributed by atoms with Crippen LogP contribution in [0.25, 0.3) is 0 Å². The third-order valence-corrected chi connectivity index (χ3v) is 1.87. The van der Waals surface area contributed by atoms with E-state index in [4.69, 9.17) is 5.11 Å². The zero-order valence-corrected chi connectivity index (χ0v) is 8.82. The van der Waals surface area contributed by atoms with E-state index in [2.05, 4.69) is 11.6 Å². The topological polar surface area (TPSA) is 53.4 Å². The lowest BCUT2D eigenvalue weighted by atomic mass is 10.2. The normalized spacial score (nSPS) is 11.1. The van der Waals surface area contributed by atoms with E-state index < -0.39 is 17.8 Å². The van der Waals surface area contributed by atoms with E-state index >= 15 is 0 Å². The fourth-order valence-electron chi connectivity index (χ4n) is 1.17. The van der Waals surface area contributed by atoms with E-state index in [1.54, 1.807) is 0 Å². The Morgan fingerprint density at radius 2 is 2.12 bits per heavy atom. The van der Waals surface area contributed by atoms with Gasteiger partial charge in [-0.05, 0) is 19.1 Å². The summed E-state index contributed by atoms with van der Waals surface area (Å²) in [5, 5.41) is 8.83. The van der Waals surface area contributed by atoms with Crippen LogP contribution in [0, 0.1) is 0 Å². The first kappa shape index (κ1) is 13.0. The summed E-state index contributed by atoms with van der Waals surface area (Å²) in [6.45, 7) is 4.73. The highest BCUT2D eigenvalue weighted by Gasteiger charge is 2.31. The van der Waals surface area contributed by atoms with Gasteiger partial charge in [0, 0.05) is 11.9 Å². The lowest BCUT2D eigenvalue weighted by molar-refractivity contribution is -0.137. The molecule has 1 heterocycles. The number of alkyl halides is 3. The third-order valence-electron chi connectivity index (χ3n) is 1.87. The molecule has 0 radical (unpaired) electrons. The van der Waals surface area contributed by atoms with Crippen LogP contribution in [0.5, 0.6) is 0 Å². The number of amides is 1. The highest BCUT2D eigenvalue weighted by atomic mass is 19.4. The minimum Gasteiger partial charge on any atom is -0.464 e. The zero-order chi connectivity index (χ0) is 13.2. The standard InChI is InChI=1S/C10H9F3N2O2/c1-6(2)15(9(16)17)8-5-7(3-4-14-8)10(11,12)13/h3-5H,1H2,2H3,(H,16,17). The van der Waals surface area contributed by atoms with Gasteiger partial charge in [-0.1, -0.05) is 6.58 Å². The monoisotopic (exact) mass is 246 g/mol. The molecule has 1 aromatic heterocycles. The second-order valence-corrected chi connectivity index (χ2v) is 3.25. The molecule has 0 aliphatic carbocycles. The van der Waals surface area contributed by atoms with Gasteiger partial charge in [0.1, 0.15) is 5.82 Å². The van der Waals surface area contributed by atoms with Crippen LogP contribution in [0.4, 0.5) is 23.8 Å². The number of aromatic nitrogens is 1. The fourth-order valence-corrected chi connectivity index (χ4v) is 1.17. The maximum Gasteiger partial charge on any atom is 0.417 e. The molecule has 0 saturated heterocycles. The van der Waals surface area contributed by atoms with Crippen molar-refractivity contribution in [2.24, 2.45) is 0 Å². The van der Waals surface area contributed by atoms with Crippen molar-refractivity contribution in [3.63, 3.8) is 0 Å². The van der Waals surface area contributed by atoms with Crippen LogP contribution < -0.4 is 4.90 Å². The van der Waals surface area contributed by atoms with Crippen LogP contribution >= 0.6 is 0 Å². The summed E-state index contributed by atoms with van der Waals surface area (Å²) in [5.41, 5.74) is -0.903. The molecule has 1 N–H and O–H groups in total. The van der Waals surface area contributed by atoms with Crippen molar-refractivity contribution in [3.8, 4) is 0 Å². The molecule has 0 atom stereocenters. The number of carboxylic acid groups (broad SMARTS) is 1. The molecule has 17 heavy (non-hydrogen) atoms. The minimum absolute atomic E-state index is 0.0596. The largest absolute Gasteiger partial charge is 0.464 e. The molecule has 0 spiro atoms. The summed E-state index contributed by atoms with van der Waals surface area (Å²) in [4.78, 5) is 15.0. The van der Waals surface area contributed by atoms with E-state index in [0.717, 1.165) is 12.3 Å². The van der Waals surface area contributed by atoms with E-state index in [1.165, 1.54) is 6.92 Å². The van der Waals surface area contributed by atoms with Gasteiger partial charge in [0.25, 0.3) is 0 Å². The fraction of sp³-hybridized carbons (Fsp3) is 0.200. The number of pyridine rings is 1. The predicted molar refractivity (Wildman–Crippen MR) is 54.6 cm³/mol. The summed E-state index contributed by atoms with van der Waals surface area (Å²) in [6.07, 6.45) is -5.09. The van der Waals surface area contributed by atoms with Crippen molar-refractivity contribution in [2.75, 3.05) is 4.90 Å². The maximum absolute atomic E-state index is 12.4. The van der Waals surface area contributed by atoms with Crippen LogP contribution in [0.2, 0.25) is 0 Å². The van der Waals surface area contributed by atoms with Crippen molar-refractivity contribution in [3.05, 3.63) is 36.2 Å². The SMILES string of the molecule is C=C(C)N(C(=O)O)c1cc(C(F)(F)F)ccn1. The van der Waals surface area contributed by atoms with Crippen LogP contribution in [-0.2, 0) is 6.18 Å². The number of rotatable bonds is 2. The molecular weight excluding hydrogens is 237 g/mol. The first-order valence-electron chi connectivity index (χ1n) is 4.45. The van der Waals surface area contributed by atoms with Gasteiger partial charge >= 0.3 is 12.3 Å². The molecule has 1 aromatic rings. The smallest absolute Gasteiger partial charge is 0.417 e. The van der Waals surface area contributed by atoms with E-state index in [-0.39, 0.29) is 11.5 Å². The number of halogens is 3. The molecule has 0 unspecified atom stereocenters. The number of hydrogen-bond donors (Lipinski definition) is 1. The Labute approximate surface area is 95.0 Å². The van der Waals surface area contributed by atoms with Crippen molar-refractivity contribution < 1.29 is 23.1 Å². The summed E-state index contributed by atoms with van der Waals surface area (Å²) < 4.78 is 37.3. The zero-order valence-electron chi connectivity index (χ0n) is 8.82. The summed E-state index contributed by atoms with van der Waals surface area (Å²) in [5.74, 6) is -0.333. The average Bonchev–Trinajstić information content (AvgIpc) is 2.15. The Morgan fingerprint density at radius 3 is 2.53 bits per heavy atom. The second kappa shape index (κ2) is 4.44. The average molecular weight is 246 g/mol. The van der Waals surface area contributed by atoms with Crippen LogP contribution in [0.3, 0.4) is 0 Å². The Morgan fingerprint density at radius 1 is 1.53 bits per heavy atom. The van der Waals surface area contributed by atoms with E-state index in [0.29, 0.717) is 11.0 Å². The van der Waals surface area contributed by atoms with Gasteiger partial charge in [-0.2, -0.15) is 13.2 Å². The van der Waals surface area contributed by atoms with Crippen molar-refractivity contribution in [1.82, 2.24) is 4.98 Å². The predicted octanol–water partition coefficient (Wildman–Crippen LogP) is 3.12. The third kappa shape index (κ3) is 2.96. The van der Waals surface area contributed by atoms with Crippen LogP contribution in [0.15, 0.2) is 30.6 Å². The quantitative estimate of drug-likeness (QED) is 0.872. The molecule has 0 aliphatic rings. The number of hydrogen-bond acceptors (Lipinski definition) is 2. The Balaban J connectivity index is 3.23. The van der Waals surface area contributed by atoms with Crippen molar-refractivity contribution in [1.29, 1.82) is 0 Å². The highest BCUT2D eigenvalue weighted by molar-refractivity contribution is 5.88. The second-order valence-electron chi connectivity index (χ2n) is 3.25. The molecule has 0 bridgehead atoms. The maximum atomic E-state index is 12.4. The molecule has 92 valence electrons. The van der Waals surface area contributed by atoms with Gasteiger partial charge in [-0.15, -0.1) is 0 Å². The van der Waals surface area contributed by atoms with E-state index in [9.17, 15) is 18.0 Å². The van der Waals surface area contributed by atoms with E-state index in [1.807, 2.05) is 0 Å². The Hall–Kier alpha value is -2.05. The number of allylic oxidation sites excluding steroid dienone is 1. The van der Waals surface area contributed by atoms with Crippen LogP contribution in [-0.4, -0.2) is 16.2 Å². The number of nitrogens with zero attached hydrogens (tertiary/aromatic N) is 2. The Kier molecular flexibility index (Phi) is 3.40. The molecule has 0 fully saturated rings. The van der Waals surface area contributed by atoms with Gasteiger partial charge in [-0.25, -0.2) is 14.7 Å². The van der Waals surface area contributed by atoms with Crippen LogP contribution in [0.1, 0.15) is 12.5 Å². The lowest BCUT2D eigenvalue weighted by Gasteiger charge is -2.18. The highest BCUT2D eigenvalue weighted by Crippen LogP contribution is 2.31. The Bertz CT molecular complexity index is 443. The first-order valence-corrected chi connectivity index (χ1v) is 4.45. The molecule has 1 rings (SSSR count). The lowest BCUT2D eigenvalue weighted by Crippen LogP contribution is -2.27.